The lowest BCUT2D eigenvalue weighted by molar-refractivity contribution is -0.402. The molecule has 23 heavy (non-hydrogen) atoms. The monoisotopic (exact) mass is 363 g/mol. The number of nitrogens with zero attached hydrogens (tertiary/aromatic N) is 3. The molecule has 1 aromatic carbocycles. The van der Waals surface area contributed by atoms with Gasteiger partial charge in [0, 0.05) is 0 Å². The first kappa shape index (κ1) is 15.7. The number of thioether (sulfide) groups is 1. The maximum absolute atomic E-state index is 10.5. The average molecular weight is 363 g/mol. The summed E-state index contributed by atoms with van der Waals surface area (Å²) in [6.07, 6.45) is 1.65. The summed E-state index contributed by atoms with van der Waals surface area (Å²) in [5.41, 5.74) is 0.909. The van der Waals surface area contributed by atoms with Crippen molar-refractivity contribution in [2.75, 3.05) is 0 Å². The summed E-state index contributed by atoms with van der Waals surface area (Å²) >= 11 is 8.08. The fourth-order valence-electron chi connectivity index (χ4n) is 1.73. The molecular formula is C14H9N3O3S3. The maximum atomic E-state index is 10.5. The number of rotatable bonds is 5. The van der Waals surface area contributed by atoms with Crippen molar-refractivity contribution in [3.05, 3.63) is 67.7 Å². The molecule has 0 spiro atoms. The molecule has 0 amide bonds. The van der Waals surface area contributed by atoms with Gasteiger partial charge in [0.25, 0.3) is 0 Å². The van der Waals surface area contributed by atoms with Gasteiger partial charge in [0.1, 0.15) is 10.7 Å². The number of benzene rings is 1. The highest BCUT2D eigenvalue weighted by Gasteiger charge is 2.10. The zero-order valence-electron chi connectivity index (χ0n) is 11.5. The predicted molar refractivity (Wildman–Crippen MR) is 92.5 cm³/mol. The highest BCUT2D eigenvalue weighted by atomic mass is 32.2. The van der Waals surface area contributed by atoms with Crippen LogP contribution in [0.4, 0.5) is 5.88 Å². The molecule has 116 valence electrons. The Morgan fingerprint density at radius 1 is 1.30 bits per heavy atom. The summed E-state index contributed by atoms with van der Waals surface area (Å²) in [6.45, 7) is 0. The van der Waals surface area contributed by atoms with Gasteiger partial charge in [-0.1, -0.05) is 41.3 Å². The van der Waals surface area contributed by atoms with Crippen LogP contribution in [0, 0.1) is 14.1 Å². The highest BCUT2D eigenvalue weighted by Crippen LogP contribution is 2.26. The first-order chi connectivity index (χ1) is 11.1. The van der Waals surface area contributed by atoms with E-state index in [2.05, 4.69) is 5.10 Å². The smallest absolute Gasteiger partial charge is 0.401 e. The van der Waals surface area contributed by atoms with Crippen LogP contribution in [-0.2, 0) is 0 Å². The molecule has 0 fully saturated rings. The second-order valence-corrected chi connectivity index (χ2v) is 7.01. The van der Waals surface area contributed by atoms with Gasteiger partial charge in [-0.05, 0) is 41.9 Å². The molecule has 0 aliphatic rings. The minimum absolute atomic E-state index is 0.279. The van der Waals surface area contributed by atoms with E-state index in [4.69, 9.17) is 16.6 Å². The van der Waals surface area contributed by atoms with Gasteiger partial charge >= 0.3 is 5.88 Å². The third-order valence-electron chi connectivity index (χ3n) is 2.72. The van der Waals surface area contributed by atoms with Crippen molar-refractivity contribution in [2.45, 2.75) is 4.34 Å². The standard InChI is InChI=1S/C14H9N3O3S3/c18-17(19)12-7-6-11(20-12)8-9-22-13-15-16(14(21)23-13)10-4-2-1-3-5-10/h1-9H/b9-8+. The molecule has 0 N–H and O–H groups in total. The van der Waals surface area contributed by atoms with Crippen LogP contribution < -0.4 is 0 Å². The molecule has 0 saturated carbocycles. The number of nitro groups is 1. The zero-order valence-corrected chi connectivity index (χ0v) is 13.9. The Kier molecular flexibility index (Phi) is 4.70. The first-order valence-electron chi connectivity index (χ1n) is 6.36. The Bertz CT molecular complexity index is 912. The van der Waals surface area contributed by atoms with Gasteiger partial charge in [0.05, 0.1) is 11.8 Å². The quantitative estimate of drug-likeness (QED) is 0.277. The Balaban J connectivity index is 1.72. The van der Waals surface area contributed by atoms with Gasteiger partial charge in [0.2, 0.25) is 0 Å². The van der Waals surface area contributed by atoms with Gasteiger partial charge in [0.15, 0.2) is 8.29 Å². The van der Waals surface area contributed by atoms with Gasteiger partial charge in [-0.3, -0.25) is 10.1 Å². The maximum Gasteiger partial charge on any atom is 0.433 e. The predicted octanol–water partition coefficient (Wildman–Crippen LogP) is 4.93. The van der Waals surface area contributed by atoms with Crippen molar-refractivity contribution < 1.29 is 9.34 Å². The Morgan fingerprint density at radius 2 is 2.09 bits per heavy atom. The normalized spacial score (nSPS) is 11.1. The van der Waals surface area contributed by atoms with E-state index in [9.17, 15) is 10.1 Å². The molecule has 2 heterocycles. The SMILES string of the molecule is O=[N+]([O-])c1ccc(/C=C/Sc2nn(-c3ccccc3)c(=S)s2)o1. The average Bonchev–Trinajstić information content (AvgIpc) is 3.15. The summed E-state index contributed by atoms with van der Waals surface area (Å²) in [6, 6.07) is 12.5. The van der Waals surface area contributed by atoms with E-state index in [0.29, 0.717) is 9.71 Å². The second-order valence-electron chi connectivity index (χ2n) is 4.23. The van der Waals surface area contributed by atoms with Gasteiger partial charge in [-0.15, -0.1) is 5.10 Å². The lowest BCUT2D eigenvalue weighted by Crippen LogP contribution is -1.95. The van der Waals surface area contributed by atoms with Gasteiger partial charge in [-0.25, -0.2) is 4.68 Å². The summed E-state index contributed by atoms with van der Waals surface area (Å²) in [4.78, 5) is 9.97. The fourth-order valence-corrected chi connectivity index (χ4v) is 3.82. The number of furan rings is 1. The molecule has 0 aliphatic heterocycles. The number of aromatic nitrogens is 2. The Labute approximate surface area is 144 Å². The molecule has 6 nitrogen and oxygen atoms in total. The van der Waals surface area contributed by atoms with E-state index in [0.717, 1.165) is 10.0 Å². The van der Waals surface area contributed by atoms with E-state index in [-0.39, 0.29) is 5.88 Å². The lowest BCUT2D eigenvalue weighted by Gasteiger charge is -1.98. The van der Waals surface area contributed by atoms with Crippen molar-refractivity contribution >= 4 is 47.3 Å². The second kappa shape index (κ2) is 6.90. The van der Waals surface area contributed by atoms with E-state index in [1.165, 1.54) is 29.2 Å². The summed E-state index contributed by atoms with van der Waals surface area (Å²) in [7, 11) is 0. The van der Waals surface area contributed by atoms with Crippen molar-refractivity contribution in [1.82, 2.24) is 9.78 Å². The molecule has 0 aliphatic carbocycles. The molecule has 3 rings (SSSR count). The summed E-state index contributed by atoms with van der Waals surface area (Å²) < 4.78 is 8.17. The first-order valence-corrected chi connectivity index (χ1v) is 8.47. The topological polar surface area (TPSA) is 74.1 Å². The van der Waals surface area contributed by atoms with E-state index < -0.39 is 4.92 Å². The Morgan fingerprint density at radius 3 is 2.78 bits per heavy atom. The molecule has 0 saturated heterocycles. The van der Waals surface area contributed by atoms with Gasteiger partial charge in [-0.2, -0.15) is 0 Å². The largest absolute Gasteiger partial charge is 0.433 e. The molecule has 0 bridgehead atoms. The van der Waals surface area contributed by atoms with Crippen LogP contribution in [0.2, 0.25) is 0 Å². The van der Waals surface area contributed by atoms with Crippen molar-refractivity contribution in [2.24, 2.45) is 0 Å². The van der Waals surface area contributed by atoms with E-state index in [1.807, 2.05) is 30.3 Å². The zero-order chi connectivity index (χ0) is 16.2. The van der Waals surface area contributed by atoms with Crippen LogP contribution in [0.25, 0.3) is 11.8 Å². The van der Waals surface area contributed by atoms with Crippen LogP contribution in [0.15, 0.2) is 56.6 Å². The number of hydrogen-bond donors (Lipinski definition) is 0. The van der Waals surface area contributed by atoms with Crippen LogP contribution >= 0.6 is 35.3 Å². The minimum atomic E-state index is -0.572. The fraction of sp³-hybridized carbons (Fsp3) is 0. The molecule has 0 atom stereocenters. The minimum Gasteiger partial charge on any atom is -0.401 e. The molecule has 9 heteroatoms. The lowest BCUT2D eigenvalue weighted by atomic mass is 10.3. The number of hydrogen-bond acceptors (Lipinski definition) is 7. The van der Waals surface area contributed by atoms with Crippen molar-refractivity contribution in [3.63, 3.8) is 0 Å². The van der Waals surface area contributed by atoms with Crippen LogP contribution in [0.1, 0.15) is 5.76 Å². The molecule has 0 radical (unpaired) electrons. The highest BCUT2D eigenvalue weighted by molar-refractivity contribution is 8.03. The van der Waals surface area contributed by atoms with Crippen LogP contribution in [0.5, 0.6) is 0 Å². The number of para-hydroxylation sites is 1. The molecule has 0 unspecified atom stereocenters. The van der Waals surface area contributed by atoms with Crippen LogP contribution in [-0.4, -0.2) is 14.7 Å². The van der Waals surface area contributed by atoms with E-state index in [1.54, 1.807) is 22.2 Å². The molecule has 3 aromatic rings. The third-order valence-corrected chi connectivity index (χ3v) is 4.84. The molecule has 2 aromatic heterocycles. The Hall–Kier alpha value is -2.23. The van der Waals surface area contributed by atoms with Crippen molar-refractivity contribution in [3.8, 4) is 5.69 Å². The third kappa shape index (κ3) is 3.76. The van der Waals surface area contributed by atoms with E-state index >= 15 is 0 Å². The summed E-state index contributed by atoms with van der Waals surface area (Å²) in [5.74, 6) is 0.133. The van der Waals surface area contributed by atoms with Crippen LogP contribution in [0.3, 0.4) is 0 Å². The molecular weight excluding hydrogens is 354 g/mol. The van der Waals surface area contributed by atoms with Gasteiger partial charge < -0.3 is 4.42 Å². The van der Waals surface area contributed by atoms with Crippen molar-refractivity contribution in [1.29, 1.82) is 0 Å². The summed E-state index contributed by atoms with van der Waals surface area (Å²) in [5, 5.41) is 16.7.